The number of hydrogen-bond donors (Lipinski definition) is 2. The molecule has 3 aromatic rings. The lowest BCUT2D eigenvalue weighted by molar-refractivity contribution is -0.136. The maximum atomic E-state index is 12.5. The average molecular weight is 545 g/mol. The summed E-state index contributed by atoms with van der Waals surface area (Å²) in [6.45, 7) is 1.82. The van der Waals surface area contributed by atoms with Crippen LogP contribution in [0.1, 0.15) is 21.5 Å². The van der Waals surface area contributed by atoms with Gasteiger partial charge in [0.1, 0.15) is 11.5 Å². The van der Waals surface area contributed by atoms with Crippen molar-refractivity contribution in [3.63, 3.8) is 0 Å². The monoisotopic (exact) mass is 543 g/mol. The molecule has 34 heavy (non-hydrogen) atoms. The molecule has 0 aliphatic rings. The van der Waals surface area contributed by atoms with Crippen molar-refractivity contribution in [3.8, 4) is 11.5 Å². The lowest BCUT2D eigenvalue weighted by Crippen LogP contribution is -2.32. The summed E-state index contributed by atoms with van der Waals surface area (Å²) < 4.78 is 11.2. The topological polar surface area (TPSA) is 106 Å². The number of rotatable bonds is 6. The third kappa shape index (κ3) is 6.66. The Kier molecular flexibility index (Phi) is 8.39. The molecule has 8 nitrogen and oxygen atoms in total. The van der Waals surface area contributed by atoms with Gasteiger partial charge in [0.15, 0.2) is 0 Å². The molecular formula is C24H19BrClN3O5. The van der Waals surface area contributed by atoms with Gasteiger partial charge >= 0.3 is 17.8 Å². The van der Waals surface area contributed by atoms with Crippen molar-refractivity contribution in [3.05, 3.63) is 86.8 Å². The summed E-state index contributed by atoms with van der Waals surface area (Å²) in [6, 6.07) is 16.2. The molecular weight excluding hydrogens is 526 g/mol. The van der Waals surface area contributed by atoms with Crippen LogP contribution in [0.25, 0.3) is 0 Å². The fourth-order valence-corrected chi connectivity index (χ4v) is 3.23. The molecule has 0 heterocycles. The fourth-order valence-electron chi connectivity index (χ4n) is 2.67. The van der Waals surface area contributed by atoms with Gasteiger partial charge in [0.05, 0.1) is 18.9 Å². The van der Waals surface area contributed by atoms with E-state index in [1.54, 1.807) is 54.6 Å². The molecule has 0 fully saturated rings. The molecule has 0 unspecified atom stereocenters. The molecule has 0 atom stereocenters. The van der Waals surface area contributed by atoms with Gasteiger partial charge in [-0.05, 0) is 67.1 Å². The first-order valence-electron chi connectivity index (χ1n) is 9.83. The van der Waals surface area contributed by atoms with Crippen LogP contribution in [0.3, 0.4) is 0 Å². The van der Waals surface area contributed by atoms with E-state index in [-0.39, 0.29) is 5.75 Å². The molecule has 0 bridgehead atoms. The number of hydrogen-bond acceptors (Lipinski definition) is 6. The smallest absolute Gasteiger partial charge is 0.343 e. The number of carbonyl (C=O) groups is 3. The first-order chi connectivity index (χ1) is 16.3. The number of hydrazone groups is 1. The molecule has 2 N–H and O–H groups in total. The molecule has 3 aromatic carbocycles. The summed E-state index contributed by atoms with van der Waals surface area (Å²) in [5.74, 6) is -1.67. The summed E-state index contributed by atoms with van der Waals surface area (Å²) in [4.78, 5) is 36.7. The van der Waals surface area contributed by atoms with Gasteiger partial charge in [-0.2, -0.15) is 5.10 Å². The summed E-state index contributed by atoms with van der Waals surface area (Å²) in [7, 11) is 1.53. The quantitative estimate of drug-likeness (QED) is 0.153. The number of amides is 2. The molecule has 0 saturated carbocycles. The van der Waals surface area contributed by atoms with Gasteiger partial charge in [0, 0.05) is 20.7 Å². The largest absolute Gasteiger partial charge is 0.497 e. The summed E-state index contributed by atoms with van der Waals surface area (Å²) in [6.07, 6.45) is 1.26. The number of benzene rings is 3. The van der Waals surface area contributed by atoms with Crippen molar-refractivity contribution in [2.24, 2.45) is 5.10 Å². The van der Waals surface area contributed by atoms with Crippen LogP contribution in [0.5, 0.6) is 11.5 Å². The molecule has 0 aliphatic carbocycles. The zero-order chi connectivity index (χ0) is 24.7. The van der Waals surface area contributed by atoms with E-state index in [0.29, 0.717) is 32.1 Å². The highest BCUT2D eigenvalue weighted by atomic mass is 79.9. The van der Waals surface area contributed by atoms with E-state index in [2.05, 4.69) is 31.8 Å². The van der Waals surface area contributed by atoms with E-state index in [9.17, 15) is 14.4 Å². The molecule has 0 spiro atoms. The van der Waals surface area contributed by atoms with Gasteiger partial charge in [-0.15, -0.1) is 0 Å². The predicted octanol–water partition coefficient (Wildman–Crippen LogP) is 4.73. The van der Waals surface area contributed by atoms with Gasteiger partial charge in [-0.3, -0.25) is 9.59 Å². The molecule has 0 saturated heterocycles. The first-order valence-corrected chi connectivity index (χ1v) is 11.0. The second kappa shape index (κ2) is 11.4. The molecule has 3 rings (SSSR count). The van der Waals surface area contributed by atoms with Crippen molar-refractivity contribution in [1.82, 2.24) is 5.43 Å². The maximum absolute atomic E-state index is 12.5. The Hall–Kier alpha value is -3.69. The van der Waals surface area contributed by atoms with Gasteiger partial charge in [0.25, 0.3) is 0 Å². The number of nitrogens with zero attached hydrogens (tertiary/aromatic N) is 1. The number of halogens is 2. The molecule has 0 aromatic heterocycles. The van der Waals surface area contributed by atoms with E-state index in [4.69, 9.17) is 21.1 Å². The number of methoxy groups -OCH3 is 1. The minimum atomic E-state index is -0.986. The SMILES string of the molecule is COc1ccc(C(=O)Oc2ccc(Br)cc2/C=N/NC(=O)C(=O)Nc2ccc(C)c(Cl)c2)cc1. The number of esters is 1. The molecule has 0 aliphatic heterocycles. The number of ether oxygens (including phenoxy) is 2. The molecule has 174 valence electrons. The lowest BCUT2D eigenvalue weighted by atomic mass is 10.2. The Morgan fingerprint density at radius 2 is 1.74 bits per heavy atom. The van der Waals surface area contributed by atoms with Crippen molar-refractivity contribution in [2.75, 3.05) is 12.4 Å². The van der Waals surface area contributed by atoms with Crippen molar-refractivity contribution in [1.29, 1.82) is 0 Å². The fraction of sp³-hybridized carbons (Fsp3) is 0.0833. The number of aryl methyl sites for hydroxylation is 1. The van der Waals surface area contributed by atoms with Crippen LogP contribution in [-0.2, 0) is 9.59 Å². The maximum Gasteiger partial charge on any atom is 0.343 e. The standard InChI is InChI=1S/C24H19BrClN3O5/c1-14-3-7-18(12-20(14)26)28-22(30)23(31)29-27-13-16-11-17(25)6-10-21(16)34-24(32)15-4-8-19(33-2)9-5-15/h3-13H,1-2H3,(H,28,30)(H,29,31)/b27-13+. The third-order valence-corrected chi connectivity index (χ3v) is 5.41. The first kappa shape index (κ1) is 24.9. The van der Waals surface area contributed by atoms with Gasteiger partial charge in [-0.1, -0.05) is 33.6 Å². The van der Waals surface area contributed by atoms with Crippen LogP contribution >= 0.6 is 27.5 Å². The Morgan fingerprint density at radius 1 is 1.00 bits per heavy atom. The van der Waals surface area contributed by atoms with E-state index < -0.39 is 17.8 Å². The van der Waals surface area contributed by atoms with Crippen LogP contribution in [0.2, 0.25) is 5.02 Å². The number of carbonyl (C=O) groups excluding carboxylic acids is 3. The van der Waals surface area contributed by atoms with Crippen LogP contribution in [0, 0.1) is 6.92 Å². The third-order valence-electron chi connectivity index (χ3n) is 4.51. The predicted molar refractivity (Wildman–Crippen MR) is 133 cm³/mol. The average Bonchev–Trinajstić information content (AvgIpc) is 2.83. The second-order valence-corrected chi connectivity index (χ2v) is 8.24. The van der Waals surface area contributed by atoms with Crippen LogP contribution in [0.4, 0.5) is 5.69 Å². The summed E-state index contributed by atoms with van der Waals surface area (Å²) >= 11 is 9.36. The van der Waals surface area contributed by atoms with Crippen molar-refractivity contribution < 1.29 is 23.9 Å². The highest BCUT2D eigenvalue weighted by Gasteiger charge is 2.15. The molecule has 0 radical (unpaired) electrons. The summed E-state index contributed by atoms with van der Waals surface area (Å²) in [5, 5.41) is 6.70. The van der Waals surface area contributed by atoms with Gasteiger partial charge in [-0.25, -0.2) is 10.2 Å². The van der Waals surface area contributed by atoms with Crippen LogP contribution in [-0.4, -0.2) is 31.1 Å². The van der Waals surface area contributed by atoms with Crippen molar-refractivity contribution >= 4 is 57.2 Å². The Balaban J connectivity index is 1.66. The zero-order valence-electron chi connectivity index (χ0n) is 18.1. The summed E-state index contributed by atoms with van der Waals surface area (Å²) in [5.41, 5.74) is 4.07. The normalized spacial score (nSPS) is 10.6. The lowest BCUT2D eigenvalue weighted by Gasteiger charge is -2.09. The van der Waals surface area contributed by atoms with E-state index in [1.807, 2.05) is 6.92 Å². The number of anilines is 1. The van der Waals surface area contributed by atoms with E-state index in [1.165, 1.54) is 19.4 Å². The van der Waals surface area contributed by atoms with Crippen LogP contribution < -0.4 is 20.2 Å². The Morgan fingerprint density at radius 3 is 2.41 bits per heavy atom. The second-order valence-electron chi connectivity index (χ2n) is 6.92. The minimum Gasteiger partial charge on any atom is -0.497 e. The highest BCUT2D eigenvalue weighted by molar-refractivity contribution is 9.10. The van der Waals surface area contributed by atoms with Crippen LogP contribution in [0.15, 0.2) is 70.2 Å². The van der Waals surface area contributed by atoms with Gasteiger partial charge < -0.3 is 14.8 Å². The highest BCUT2D eigenvalue weighted by Crippen LogP contribution is 2.23. The van der Waals surface area contributed by atoms with Gasteiger partial charge in [0.2, 0.25) is 0 Å². The Bertz CT molecular complexity index is 1260. The number of nitrogens with one attached hydrogen (secondary N) is 2. The zero-order valence-corrected chi connectivity index (χ0v) is 20.4. The van der Waals surface area contributed by atoms with Crippen molar-refractivity contribution in [2.45, 2.75) is 6.92 Å². The van der Waals surface area contributed by atoms with E-state index in [0.717, 1.165) is 5.56 Å². The molecule has 2 amide bonds. The van der Waals surface area contributed by atoms with E-state index >= 15 is 0 Å². The Labute approximate surface area is 209 Å². The minimum absolute atomic E-state index is 0.209. The molecule has 10 heteroatoms.